The third-order valence-corrected chi connectivity index (χ3v) is 3.71. The SMILES string of the molecule is O=C(NCCc1ccc(Cl)cc1Cl)c1cncs1. The molecule has 0 saturated heterocycles. The van der Waals surface area contributed by atoms with Gasteiger partial charge in [-0.15, -0.1) is 11.3 Å². The van der Waals surface area contributed by atoms with E-state index in [0.29, 0.717) is 27.9 Å². The monoisotopic (exact) mass is 300 g/mol. The van der Waals surface area contributed by atoms with Crippen LogP contribution in [0.15, 0.2) is 29.9 Å². The van der Waals surface area contributed by atoms with E-state index in [9.17, 15) is 4.79 Å². The number of nitrogens with zero attached hydrogens (tertiary/aromatic N) is 1. The molecule has 6 heteroatoms. The first-order valence-corrected chi connectivity index (χ1v) is 6.91. The van der Waals surface area contributed by atoms with Crippen molar-refractivity contribution >= 4 is 40.4 Å². The van der Waals surface area contributed by atoms with Gasteiger partial charge >= 0.3 is 0 Å². The molecule has 1 aromatic carbocycles. The zero-order chi connectivity index (χ0) is 13.0. The van der Waals surface area contributed by atoms with Crippen molar-refractivity contribution in [2.45, 2.75) is 6.42 Å². The predicted octanol–water partition coefficient (Wildman–Crippen LogP) is 3.42. The van der Waals surface area contributed by atoms with Crippen LogP contribution in [0.4, 0.5) is 0 Å². The molecule has 0 bridgehead atoms. The van der Waals surface area contributed by atoms with Gasteiger partial charge in [-0.2, -0.15) is 0 Å². The Balaban J connectivity index is 1.87. The zero-order valence-electron chi connectivity index (χ0n) is 9.32. The molecule has 2 rings (SSSR count). The van der Waals surface area contributed by atoms with Crippen LogP contribution < -0.4 is 5.32 Å². The summed E-state index contributed by atoms with van der Waals surface area (Å²) >= 11 is 13.2. The number of hydrogen-bond acceptors (Lipinski definition) is 3. The fourth-order valence-electron chi connectivity index (χ4n) is 1.45. The second-order valence-electron chi connectivity index (χ2n) is 3.61. The summed E-state index contributed by atoms with van der Waals surface area (Å²) in [6, 6.07) is 5.35. The van der Waals surface area contributed by atoms with E-state index in [4.69, 9.17) is 23.2 Å². The van der Waals surface area contributed by atoms with Gasteiger partial charge in [0.1, 0.15) is 4.88 Å². The average molecular weight is 301 g/mol. The van der Waals surface area contributed by atoms with Crippen LogP contribution in [0.3, 0.4) is 0 Å². The Hall–Kier alpha value is -1.10. The molecule has 2 aromatic rings. The molecule has 0 aliphatic rings. The number of hydrogen-bond donors (Lipinski definition) is 1. The Bertz CT molecular complexity index is 543. The van der Waals surface area contributed by atoms with E-state index >= 15 is 0 Å². The van der Waals surface area contributed by atoms with Crippen molar-refractivity contribution in [1.82, 2.24) is 10.3 Å². The highest BCUT2D eigenvalue weighted by molar-refractivity contribution is 7.11. The van der Waals surface area contributed by atoms with Crippen LogP contribution in [0.1, 0.15) is 15.2 Å². The van der Waals surface area contributed by atoms with Crippen molar-refractivity contribution in [2.24, 2.45) is 0 Å². The van der Waals surface area contributed by atoms with E-state index in [0.717, 1.165) is 5.56 Å². The lowest BCUT2D eigenvalue weighted by Gasteiger charge is -2.06. The summed E-state index contributed by atoms with van der Waals surface area (Å²) in [5, 5.41) is 4.04. The van der Waals surface area contributed by atoms with Crippen molar-refractivity contribution in [1.29, 1.82) is 0 Å². The van der Waals surface area contributed by atoms with E-state index in [2.05, 4.69) is 10.3 Å². The quantitative estimate of drug-likeness (QED) is 0.940. The van der Waals surface area contributed by atoms with Gasteiger partial charge in [0.2, 0.25) is 0 Å². The molecule has 1 N–H and O–H groups in total. The van der Waals surface area contributed by atoms with Crippen LogP contribution in [0.5, 0.6) is 0 Å². The fourth-order valence-corrected chi connectivity index (χ4v) is 2.49. The molecule has 0 fully saturated rings. The number of amides is 1. The van der Waals surface area contributed by atoms with Crippen molar-refractivity contribution < 1.29 is 4.79 Å². The van der Waals surface area contributed by atoms with E-state index < -0.39 is 0 Å². The van der Waals surface area contributed by atoms with Gasteiger partial charge in [0.15, 0.2) is 0 Å². The Kier molecular flexibility index (Phi) is 4.58. The summed E-state index contributed by atoms with van der Waals surface area (Å²) in [6.45, 7) is 0.526. The van der Waals surface area contributed by atoms with E-state index in [1.807, 2.05) is 6.07 Å². The number of halogens is 2. The number of aromatic nitrogens is 1. The first kappa shape index (κ1) is 13.3. The van der Waals surface area contributed by atoms with Crippen LogP contribution >= 0.6 is 34.5 Å². The normalized spacial score (nSPS) is 10.3. The topological polar surface area (TPSA) is 42.0 Å². The minimum Gasteiger partial charge on any atom is -0.351 e. The van der Waals surface area contributed by atoms with Gasteiger partial charge in [0, 0.05) is 16.6 Å². The molecule has 0 atom stereocenters. The molecule has 1 heterocycles. The molecule has 18 heavy (non-hydrogen) atoms. The number of benzene rings is 1. The minimum atomic E-state index is -0.109. The first-order chi connectivity index (χ1) is 8.66. The van der Waals surface area contributed by atoms with Gasteiger partial charge in [0.25, 0.3) is 5.91 Å². The fraction of sp³-hybridized carbons (Fsp3) is 0.167. The number of thiazole rings is 1. The third kappa shape index (κ3) is 3.45. The molecule has 94 valence electrons. The van der Waals surface area contributed by atoms with Crippen molar-refractivity contribution in [3.05, 3.63) is 50.4 Å². The second kappa shape index (κ2) is 6.18. The number of nitrogens with one attached hydrogen (secondary N) is 1. The standard InChI is InChI=1S/C12H10Cl2N2OS/c13-9-2-1-8(10(14)5-9)3-4-16-12(17)11-6-15-7-18-11/h1-2,5-7H,3-4H2,(H,16,17). The Morgan fingerprint density at radius 3 is 2.89 bits per heavy atom. The number of carbonyl (C=O) groups is 1. The minimum absolute atomic E-state index is 0.109. The number of rotatable bonds is 4. The summed E-state index contributed by atoms with van der Waals surface area (Å²) < 4.78 is 0. The molecule has 3 nitrogen and oxygen atoms in total. The summed E-state index contributed by atoms with van der Waals surface area (Å²) in [4.78, 5) is 16.1. The molecule has 0 aliphatic heterocycles. The van der Waals surface area contributed by atoms with Crippen molar-refractivity contribution in [3.63, 3.8) is 0 Å². The second-order valence-corrected chi connectivity index (χ2v) is 5.34. The summed E-state index contributed by atoms with van der Waals surface area (Å²) in [7, 11) is 0. The van der Waals surface area contributed by atoms with Crippen LogP contribution in [-0.4, -0.2) is 17.4 Å². The van der Waals surface area contributed by atoms with E-state index in [1.165, 1.54) is 11.3 Å². The molecule has 0 aliphatic carbocycles. The third-order valence-electron chi connectivity index (χ3n) is 2.35. The molecule has 0 saturated carbocycles. The van der Waals surface area contributed by atoms with Gasteiger partial charge in [-0.25, -0.2) is 0 Å². The Labute approximate surface area is 119 Å². The van der Waals surface area contributed by atoms with Gasteiger partial charge in [-0.05, 0) is 24.1 Å². The highest BCUT2D eigenvalue weighted by atomic mass is 35.5. The summed E-state index contributed by atoms with van der Waals surface area (Å²) in [6.07, 6.45) is 2.22. The smallest absolute Gasteiger partial charge is 0.263 e. The van der Waals surface area contributed by atoms with Crippen LogP contribution in [-0.2, 0) is 6.42 Å². The number of carbonyl (C=O) groups excluding carboxylic acids is 1. The summed E-state index contributed by atoms with van der Waals surface area (Å²) in [5.41, 5.74) is 2.59. The van der Waals surface area contributed by atoms with Crippen LogP contribution in [0.25, 0.3) is 0 Å². The molecular weight excluding hydrogens is 291 g/mol. The Morgan fingerprint density at radius 1 is 1.39 bits per heavy atom. The van der Waals surface area contributed by atoms with Crippen molar-refractivity contribution in [2.75, 3.05) is 6.54 Å². The van der Waals surface area contributed by atoms with Gasteiger partial charge in [-0.3, -0.25) is 9.78 Å². The Morgan fingerprint density at radius 2 is 2.22 bits per heavy atom. The zero-order valence-corrected chi connectivity index (χ0v) is 11.6. The van der Waals surface area contributed by atoms with E-state index in [-0.39, 0.29) is 5.91 Å². The molecule has 1 amide bonds. The van der Waals surface area contributed by atoms with Crippen LogP contribution in [0.2, 0.25) is 10.0 Å². The highest BCUT2D eigenvalue weighted by Crippen LogP contribution is 2.21. The molecular formula is C12H10Cl2N2OS. The van der Waals surface area contributed by atoms with Crippen LogP contribution in [0, 0.1) is 0 Å². The molecule has 0 spiro atoms. The maximum atomic E-state index is 11.6. The van der Waals surface area contributed by atoms with Crippen molar-refractivity contribution in [3.8, 4) is 0 Å². The average Bonchev–Trinajstić information content (AvgIpc) is 2.85. The van der Waals surface area contributed by atoms with Gasteiger partial charge < -0.3 is 5.32 Å². The maximum absolute atomic E-state index is 11.6. The molecule has 1 aromatic heterocycles. The first-order valence-electron chi connectivity index (χ1n) is 5.27. The summed E-state index contributed by atoms with van der Waals surface area (Å²) in [5.74, 6) is -0.109. The lowest BCUT2D eigenvalue weighted by molar-refractivity contribution is 0.0958. The predicted molar refractivity (Wildman–Crippen MR) is 74.6 cm³/mol. The maximum Gasteiger partial charge on any atom is 0.263 e. The molecule has 0 unspecified atom stereocenters. The van der Waals surface area contributed by atoms with E-state index in [1.54, 1.807) is 23.8 Å². The largest absolute Gasteiger partial charge is 0.351 e. The lowest BCUT2D eigenvalue weighted by atomic mass is 10.1. The van der Waals surface area contributed by atoms with Gasteiger partial charge in [-0.1, -0.05) is 29.3 Å². The molecule has 0 radical (unpaired) electrons. The lowest BCUT2D eigenvalue weighted by Crippen LogP contribution is -2.24. The highest BCUT2D eigenvalue weighted by Gasteiger charge is 2.07. The van der Waals surface area contributed by atoms with Gasteiger partial charge in [0.05, 0.1) is 11.7 Å².